The molecule has 21 heavy (non-hydrogen) atoms. The minimum Gasteiger partial charge on any atom is -0.383 e. The molecule has 1 saturated heterocycles. The van der Waals surface area contributed by atoms with Crippen LogP contribution < -0.4 is 10.6 Å². The third-order valence-electron chi connectivity index (χ3n) is 3.32. The van der Waals surface area contributed by atoms with Gasteiger partial charge in [0.05, 0.1) is 18.8 Å². The van der Waals surface area contributed by atoms with Crippen LogP contribution >= 0.6 is 0 Å². The molecular weight excluding hydrogens is 288 g/mol. The summed E-state index contributed by atoms with van der Waals surface area (Å²) in [5.41, 5.74) is -0.994. The highest BCUT2D eigenvalue weighted by atomic mass is 19.4. The average Bonchev–Trinajstić information content (AvgIpc) is 2.41. The molecule has 3 nitrogen and oxygen atoms in total. The fraction of sp³-hybridized carbons (Fsp3) is 0.571. The maximum absolute atomic E-state index is 13.2. The summed E-state index contributed by atoms with van der Waals surface area (Å²) in [5.74, 6) is -1.26. The predicted octanol–water partition coefficient (Wildman–Crippen LogP) is 3.02. The number of hydrogen-bond donors (Lipinski definition) is 2. The van der Waals surface area contributed by atoms with Crippen LogP contribution in [-0.4, -0.2) is 31.8 Å². The first-order valence-electron chi connectivity index (χ1n) is 6.80. The van der Waals surface area contributed by atoms with E-state index in [1.165, 1.54) is 6.07 Å². The van der Waals surface area contributed by atoms with Crippen molar-refractivity contribution in [3.63, 3.8) is 0 Å². The average molecular weight is 306 g/mol. The molecule has 1 aliphatic rings. The number of anilines is 1. The van der Waals surface area contributed by atoms with Gasteiger partial charge in [-0.25, -0.2) is 4.39 Å². The molecule has 2 atom stereocenters. The molecule has 1 aliphatic heterocycles. The second kappa shape index (κ2) is 6.62. The number of rotatable bonds is 4. The Labute approximate surface area is 120 Å². The van der Waals surface area contributed by atoms with Crippen LogP contribution in [0.25, 0.3) is 0 Å². The van der Waals surface area contributed by atoms with Gasteiger partial charge in [0.1, 0.15) is 5.82 Å². The Balaban J connectivity index is 1.98. The Bertz CT molecular complexity index is 473. The Hall–Kier alpha value is -1.34. The van der Waals surface area contributed by atoms with Crippen molar-refractivity contribution in [2.24, 2.45) is 0 Å². The van der Waals surface area contributed by atoms with Gasteiger partial charge >= 0.3 is 6.18 Å². The van der Waals surface area contributed by atoms with Crippen molar-refractivity contribution in [2.45, 2.75) is 31.6 Å². The topological polar surface area (TPSA) is 33.3 Å². The van der Waals surface area contributed by atoms with Gasteiger partial charge < -0.3 is 15.4 Å². The number of morpholine rings is 1. The van der Waals surface area contributed by atoms with Gasteiger partial charge in [-0.1, -0.05) is 0 Å². The van der Waals surface area contributed by atoms with Crippen molar-refractivity contribution in [3.05, 3.63) is 29.6 Å². The maximum atomic E-state index is 13.2. The first kappa shape index (κ1) is 16.0. The number of ether oxygens (including phenoxy) is 1. The molecule has 1 heterocycles. The summed E-state index contributed by atoms with van der Waals surface area (Å²) in [6, 6.07) is 3.06. The van der Waals surface area contributed by atoms with Crippen molar-refractivity contribution >= 4 is 5.69 Å². The van der Waals surface area contributed by atoms with Crippen molar-refractivity contribution in [1.29, 1.82) is 0 Å². The van der Waals surface area contributed by atoms with Gasteiger partial charge in [-0.2, -0.15) is 13.2 Å². The van der Waals surface area contributed by atoms with E-state index in [1.807, 2.05) is 6.92 Å². The van der Waals surface area contributed by atoms with Gasteiger partial charge in [0, 0.05) is 24.3 Å². The molecule has 0 saturated carbocycles. The van der Waals surface area contributed by atoms with E-state index < -0.39 is 17.6 Å². The van der Waals surface area contributed by atoms with E-state index in [2.05, 4.69) is 10.6 Å². The molecule has 7 heteroatoms. The zero-order valence-corrected chi connectivity index (χ0v) is 11.6. The van der Waals surface area contributed by atoms with Crippen molar-refractivity contribution < 1.29 is 22.3 Å². The lowest BCUT2D eigenvalue weighted by Gasteiger charge is -2.27. The van der Waals surface area contributed by atoms with E-state index in [1.54, 1.807) is 0 Å². The highest BCUT2D eigenvalue weighted by molar-refractivity contribution is 5.47. The highest BCUT2D eigenvalue weighted by Gasteiger charge is 2.34. The van der Waals surface area contributed by atoms with Crippen molar-refractivity contribution in [2.75, 3.05) is 25.1 Å². The molecule has 2 unspecified atom stereocenters. The number of halogens is 4. The molecular formula is C14H18F4N2O. The fourth-order valence-electron chi connectivity index (χ4n) is 2.37. The summed E-state index contributed by atoms with van der Waals surface area (Å²) < 4.78 is 56.5. The van der Waals surface area contributed by atoms with E-state index in [0.29, 0.717) is 19.6 Å². The Kier molecular flexibility index (Phi) is 5.05. The zero-order chi connectivity index (χ0) is 15.5. The molecule has 0 amide bonds. The van der Waals surface area contributed by atoms with Crippen LogP contribution in [0.15, 0.2) is 18.2 Å². The normalized spacial score (nSPS) is 21.1. The van der Waals surface area contributed by atoms with E-state index >= 15 is 0 Å². The van der Waals surface area contributed by atoms with Crippen molar-refractivity contribution in [1.82, 2.24) is 5.32 Å². The molecule has 1 aromatic rings. The van der Waals surface area contributed by atoms with Crippen LogP contribution in [0, 0.1) is 5.82 Å². The van der Waals surface area contributed by atoms with E-state index in [9.17, 15) is 17.6 Å². The van der Waals surface area contributed by atoms with Gasteiger partial charge in [-0.15, -0.1) is 0 Å². The Morgan fingerprint density at radius 3 is 2.81 bits per heavy atom. The molecule has 0 radical (unpaired) electrons. The molecule has 0 aromatic heterocycles. The summed E-state index contributed by atoms with van der Waals surface area (Å²) in [6.45, 7) is 3.90. The first-order valence-corrected chi connectivity index (χ1v) is 6.80. The van der Waals surface area contributed by atoms with Gasteiger partial charge in [0.15, 0.2) is 0 Å². The van der Waals surface area contributed by atoms with Gasteiger partial charge in [-0.3, -0.25) is 0 Å². The minimum atomic E-state index is -4.69. The summed E-state index contributed by atoms with van der Waals surface area (Å²) in [7, 11) is 0. The van der Waals surface area contributed by atoms with Gasteiger partial charge in [0.2, 0.25) is 0 Å². The Morgan fingerprint density at radius 1 is 1.43 bits per heavy atom. The van der Waals surface area contributed by atoms with Crippen LogP contribution in [-0.2, 0) is 10.9 Å². The summed E-state index contributed by atoms with van der Waals surface area (Å²) in [6.07, 6.45) is -3.98. The van der Waals surface area contributed by atoms with Crippen LogP contribution in [0.4, 0.5) is 23.2 Å². The summed E-state index contributed by atoms with van der Waals surface area (Å²) in [5, 5.41) is 6.24. The lowest BCUT2D eigenvalue weighted by atomic mass is 10.1. The molecule has 2 N–H and O–H groups in total. The molecule has 0 spiro atoms. The van der Waals surface area contributed by atoms with E-state index in [4.69, 9.17) is 4.74 Å². The Morgan fingerprint density at radius 2 is 2.19 bits per heavy atom. The molecule has 1 fully saturated rings. The number of benzene rings is 1. The molecule has 1 aromatic carbocycles. The number of hydrogen-bond acceptors (Lipinski definition) is 3. The molecule has 118 valence electrons. The SMILES string of the molecule is CC(CC1COCCN1)Nc1ccc(F)c(C(F)(F)F)c1. The standard InChI is InChI=1S/C14H18F4N2O/c1-9(6-11-8-21-5-4-19-11)20-10-2-3-13(15)12(7-10)14(16,17)18/h2-3,7,9,11,19-20H,4-6,8H2,1H3. The second-order valence-corrected chi connectivity index (χ2v) is 5.20. The minimum absolute atomic E-state index is 0.0595. The van der Waals surface area contributed by atoms with Crippen LogP contribution in [0.3, 0.4) is 0 Å². The summed E-state index contributed by atoms with van der Waals surface area (Å²) in [4.78, 5) is 0. The van der Waals surface area contributed by atoms with Gasteiger partial charge in [0.25, 0.3) is 0 Å². The monoisotopic (exact) mass is 306 g/mol. The van der Waals surface area contributed by atoms with E-state index in [0.717, 1.165) is 18.7 Å². The quantitative estimate of drug-likeness (QED) is 0.839. The first-order chi connectivity index (χ1) is 9.86. The summed E-state index contributed by atoms with van der Waals surface area (Å²) >= 11 is 0. The van der Waals surface area contributed by atoms with Gasteiger partial charge in [-0.05, 0) is 31.5 Å². The zero-order valence-electron chi connectivity index (χ0n) is 11.6. The van der Waals surface area contributed by atoms with Crippen molar-refractivity contribution in [3.8, 4) is 0 Å². The van der Waals surface area contributed by atoms with E-state index in [-0.39, 0.29) is 17.8 Å². The second-order valence-electron chi connectivity index (χ2n) is 5.20. The largest absolute Gasteiger partial charge is 0.419 e. The molecule has 2 rings (SSSR count). The lowest BCUT2D eigenvalue weighted by Crippen LogP contribution is -2.43. The third kappa shape index (κ3) is 4.57. The predicted molar refractivity (Wildman–Crippen MR) is 71.7 cm³/mol. The lowest BCUT2D eigenvalue weighted by molar-refractivity contribution is -0.139. The number of nitrogens with one attached hydrogen (secondary N) is 2. The maximum Gasteiger partial charge on any atom is 0.419 e. The molecule has 0 bridgehead atoms. The smallest absolute Gasteiger partial charge is 0.383 e. The molecule has 0 aliphatic carbocycles. The van der Waals surface area contributed by atoms with Crippen LogP contribution in [0.2, 0.25) is 0 Å². The van der Waals surface area contributed by atoms with Crippen LogP contribution in [0.5, 0.6) is 0 Å². The van der Waals surface area contributed by atoms with Crippen LogP contribution in [0.1, 0.15) is 18.9 Å². The number of alkyl halides is 3. The fourth-order valence-corrected chi connectivity index (χ4v) is 2.37. The highest BCUT2D eigenvalue weighted by Crippen LogP contribution is 2.33. The third-order valence-corrected chi connectivity index (χ3v) is 3.32.